The molecule has 1 N–H and O–H groups in total. The second kappa shape index (κ2) is 7.45. The number of aromatic nitrogens is 2. The van der Waals surface area contributed by atoms with Gasteiger partial charge in [-0.15, -0.1) is 0 Å². The fourth-order valence-corrected chi connectivity index (χ4v) is 3.08. The van der Waals surface area contributed by atoms with Crippen LogP contribution >= 0.6 is 11.6 Å². The molecule has 2 aromatic rings. The van der Waals surface area contributed by atoms with Crippen molar-refractivity contribution in [3.63, 3.8) is 0 Å². The van der Waals surface area contributed by atoms with Gasteiger partial charge in [0.05, 0.1) is 32.1 Å². The standard InChI is InChI=1S/C17H22ClN3O2/c1-20-16(18)10-19-17(20)11-21-7-8-23-12-14(21)9-15(22)13-5-3-2-4-6-13/h2-6,10,14-15,22H,7-9,11-12H2,1H3. The average molecular weight is 336 g/mol. The maximum Gasteiger partial charge on any atom is 0.128 e. The van der Waals surface area contributed by atoms with Crippen LogP contribution in [0.4, 0.5) is 0 Å². The lowest BCUT2D eigenvalue weighted by atomic mass is 10.0. The maximum absolute atomic E-state index is 10.5. The minimum absolute atomic E-state index is 0.162. The molecular formula is C17H22ClN3O2. The van der Waals surface area contributed by atoms with Crippen LogP contribution in [-0.4, -0.2) is 45.4 Å². The highest BCUT2D eigenvalue weighted by molar-refractivity contribution is 6.29. The summed E-state index contributed by atoms with van der Waals surface area (Å²) in [6.45, 7) is 2.87. The summed E-state index contributed by atoms with van der Waals surface area (Å²) in [5.41, 5.74) is 0.943. The molecule has 6 heteroatoms. The molecule has 1 fully saturated rings. The number of halogens is 1. The van der Waals surface area contributed by atoms with E-state index >= 15 is 0 Å². The van der Waals surface area contributed by atoms with Crippen molar-refractivity contribution < 1.29 is 9.84 Å². The highest BCUT2D eigenvalue weighted by atomic mass is 35.5. The largest absolute Gasteiger partial charge is 0.388 e. The molecule has 0 spiro atoms. The predicted octanol–water partition coefficient (Wildman–Crippen LogP) is 2.40. The zero-order valence-corrected chi connectivity index (χ0v) is 14.0. The molecule has 1 aromatic heterocycles. The molecule has 2 atom stereocenters. The summed E-state index contributed by atoms with van der Waals surface area (Å²) < 4.78 is 7.51. The number of hydrogen-bond donors (Lipinski definition) is 1. The Labute approximate surface area is 141 Å². The van der Waals surface area contributed by atoms with Gasteiger partial charge in [-0.05, 0) is 12.0 Å². The summed E-state index contributed by atoms with van der Waals surface area (Å²) in [4.78, 5) is 6.68. The normalized spacial score (nSPS) is 20.6. The van der Waals surface area contributed by atoms with E-state index in [0.29, 0.717) is 31.3 Å². The van der Waals surface area contributed by atoms with Crippen LogP contribution in [-0.2, 0) is 18.3 Å². The first-order valence-electron chi connectivity index (χ1n) is 7.86. The van der Waals surface area contributed by atoms with Gasteiger partial charge in [-0.2, -0.15) is 0 Å². The number of ether oxygens (including phenoxy) is 1. The van der Waals surface area contributed by atoms with E-state index in [1.807, 2.05) is 41.9 Å². The van der Waals surface area contributed by atoms with Gasteiger partial charge in [0.15, 0.2) is 0 Å². The molecule has 3 rings (SSSR count). The first-order chi connectivity index (χ1) is 11.1. The van der Waals surface area contributed by atoms with Crippen molar-refractivity contribution in [2.45, 2.75) is 25.1 Å². The van der Waals surface area contributed by atoms with Gasteiger partial charge in [0.1, 0.15) is 11.0 Å². The molecule has 0 radical (unpaired) electrons. The molecule has 0 bridgehead atoms. The average Bonchev–Trinajstić information content (AvgIpc) is 2.89. The molecule has 1 saturated heterocycles. The minimum Gasteiger partial charge on any atom is -0.388 e. The lowest BCUT2D eigenvalue weighted by Crippen LogP contribution is -2.46. The SMILES string of the molecule is Cn1c(Cl)cnc1CN1CCOCC1CC(O)c1ccccc1. The topological polar surface area (TPSA) is 50.5 Å². The van der Waals surface area contributed by atoms with Crippen LogP contribution in [0.5, 0.6) is 0 Å². The molecule has 0 amide bonds. The zero-order valence-electron chi connectivity index (χ0n) is 13.2. The van der Waals surface area contributed by atoms with E-state index in [1.165, 1.54) is 0 Å². The van der Waals surface area contributed by atoms with Crippen LogP contribution in [0.3, 0.4) is 0 Å². The van der Waals surface area contributed by atoms with Gasteiger partial charge in [-0.1, -0.05) is 41.9 Å². The number of aliphatic hydroxyl groups excluding tert-OH is 1. The van der Waals surface area contributed by atoms with Crippen LogP contribution < -0.4 is 0 Å². The van der Waals surface area contributed by atoms with E-state index in [1.54, 1.807) is 6.20 Å². The monoisotopic (exact) mass is 335 g/mol. The molecule has 5 nitrogen and oxygen atoms in total. The summed E-state index contributed by atoms with van der Waals surface area (Å²) >= 11 is 6.07. The summed E-state index contributed by atoms with van der Waals surface area (Å²) in [5.74, 6) is 0.927. The van der Waals surface area contributed by atoms with Gasteiger partial charge < -0.3 is 14.4 Å². The van der Waals surface area contributed by atoms with Crippen LogP contribution in [0.1, 0.15) is 23.9 Å². The Morgan fingerprint density at radius 2 is 2.17 bits per heavy atom. The quantitative estimate of drug-likeness (QED) is 0.911. The highest BCUT2D eigenvalue weighted by Crippen LogP contribution is 2.24. The minimum atomic E-state index is -0.490. The summed E-state index contributed by atoms with van der Waals surface area (Å²) in [7, 11) is 1.92. The van der Waals surface area contributed by atoms with Crippen molar-refractivity contribution in [1.29, 1.82) is 0 Å². The van der Waals surface area contributed by atoms with Crippen molar-refractivity contribution in [2.75, 3.05) is 19.8 Å². The molecule has 1 aliphatic rings. The molecule has 124 valence electrons. The first kappa shape index (κ1) is 16.5. The van der Waals surface area contributed by atoms with Crippen molar-refractivity contribution in [1.82, 2.24) is 14.5 Å². The van der Waals surface area contributed by atoms with Crippen LogP contribution in [0, 0.1) is 0 Å². The Bertz CT molecular complexity index is 632. The Balaban J connectivity index is 1.68. The fourth-order valence-electron chi connectivity index (χ4n) is 2.94. The van der Waals surface area contributed by atoms with Gasteiger partial charge in [-0.25, -0.2) is 4.98 Å². The third-order valence-electron chi connectivity index (χ3n) is 4.40. The van der Waals surface area contributed by atoms with E-state index in [2.05, 4.69) is 9.88 Å². The number of morpholine rings is 1. The van der Waals surface area contributed by atoms with Gasteiger partial charge in [0.2, 0.25) is 0 Å². The lowest BCUT2D eigenvalue weighted by molar-refractivity contribution is -0.0312. The Kier molecular flexibility index (Phi) is 5.33. The predicted molar refractivity (Wildman–Crippen MR) is 89.3 cm³/mol. The number of imidazole rings is 1. The van der Waals surface area contributed by atoms with Crippen molar-refractivity contribution >= 4 is 11.6 Å². The lowest BCUT2D eigenvalue weighted by Gasteiger charge is -2.36. The number of hydrogen-bond acceptors (Lipinski definition) is 4. The molecule has 2 heterocycles. The number of nitrogens with zero attached hydrogens (tertiary/aromatic N) is 3. The fraction of sp³-hybridized carbons (Fsp3) is 0.471. The van der Waals surface area contributed by atoms with Crippen molar-refractivity contribution in [2.24, 2.45) is 7.05 Å². The highest BCUT2D eigenvalue weighted by Gasteiger charge is 2.27. The van der Waals surface area contributed by atoms with Gasteiger partial charge >= 0.3 is 0 Å². The van der Waals surface area contributed by atoms with E-state index in [4.69, 9.17) is 16.3 Å². The van der Waals surface area contributed by atoms with Crippen molar-refractivity contribution in [3.05, 3.63) is 53.1 Å². The summed E-state index contributed by atoms with van der Waals surface area (Å²) in [5, 5.41) is 11.1. The second-order valence-electron chi connectivity index (χ2n) is 5.92. The first-order valence-corrected chi connectivity index (χ1v) is 8.24. The van der Waals surface area contributed by atoms with Crippen LogP contribution in [0.15, 0.2) is 36.5 Å². The van der Waals surface area contributed by atoms with E-state index < -0.39 is 6.10 Å². The number of rotatable bonds is 5. The van der Waals surface area contributed by atoms with Gasteiger partial charge in [0, 0.05) is 19.6 Å². The van der Waals surface area contributed by atoms with E-state index in [9.17, 15) is 5.11 Å². The van der Waals surface area contributed by atoms with E-state index in [-0.39, 0.29) is 6.04 Å². The third kappa shape index (κ3) is 3.93. The number of benzene rings is 1. The van der Waals surface area contributed by atoms with Crippen LogP contribution in [0.25, 0.3) is 0 Å². The maximum atomic E-state index is 10.5. The molecule has 1 aromatic carbocycles. The van der Waals surface area contributed by atoms with Gasteiger partial charge in [0.25, 0.3) is 0 Å². The third-order valence-corrected chi connectivity index (χ3v) is 4.75. The molecular weight excluding hydrogens is 314 g/mol. The zero-order chi connectivity index (χ0) is 16.2. The molecule has 23 heavy (non-hydrogen) atoms. The summed E-state index contributed by atoms with van der Waals surface area (Å²) in [6, 6.07) is 9.92. The van der Waals surface area contributed by atoms with Gasteiger partial charge in [-0.3, -0.25) is 4.90 Å². The smallest absolute Gasteiger partial charge is 0.128 e. The Morgan fingerprint density at radius 1 is 1.39 bits per heavy atom. The van der Waals surface area contributed by atoms with E-state index in [0.717, 1.165) is 17.9 Å². The van der Waals surface area contributed by atoms with Crippen molar-refractivity contribution in [3.8, 4) is 0 Å². The molecule has 1 aliphatic heterocycles. The molecule has 0 aliphatic carbocycles. The Morgan fingerprint density at radius 3 is 2.87 bits per heavy atom. The Hall–Kier alpha value is -1.40. The molecule has 0 saturated carbocycles. The molecule has 2 unspecified atom stereocenters. The summed E-state index contributed by atoms with van der Waals surface area (Å²) in [6.07, 6.45) is 1.82. The van der Waals surface area contributed by atoms with Crippen LogP contribution in [0.2, 0.25) is 5.15 Å². The number of aliphatic hydroxyl groups is 1. The second-order valence-corrected chi connectivity index (χ2v) is 6.30.